The fourth-order valence-electron chi connectivity index (χ4n) is 2.52. The topological polar surface area (TPSA) is 107 Å². The van der Waals surface area contributed by atoms with Gasteiger partial charge in [-0.1, -0.05) is 12.1 Å². The van der Waals surface area contributed by atoms with Crippen LogP contribution >= 0.6 is 11.8 Å². The van der Waals surface area contributed by atoms with Gasteiger partial charge in [0, 0.05) is 6.07 Å². The largest absolute Gasteiger partial charge is 0.440 e. The number of hydrogen-bond acceptors (Lipinski definition) is 7. The van der Waals surface area contributed by atoms with Gasteiger partial charge in [-0.2, -0.15) is 0 Å². The maximum Gasteiger partial charge on any atom is 0.340 e. The van der Waals surface area contributed by atoms with E-state index in [1.165, 1.54) is 36.0 Å². The number of benzene rings is 2. The Balaban J connectivity index is 1.74. The van der Waals surface area contributed by atoms with Crippen molar-refractivity contribution in [2.75, 3.05) is 13.0 Å². The summed E-state index contributed by atoms with van der Waals surface area (Å²) in [7, 11) is 0. The molecular weight excluding hydrogens is 360 g/mol. The number of rotatable bonds is 5. The number of imide groups is 1. The molecular formula is C17H12N2O6S. The highest BCUT2D eigenvalue weighted by molar-refractivity contribution is 7.98. The van der Waals surface area contributed by atoms with Gasteiger partial charge in [0.2, 0.25) is 0 Å². The molecule has 0 aliphatic carbocycles. The monoisotopic (exact) mass is 372 g/mol. The summed E-state index contributed by atoms with van der Waals surface area (Å²) in [4.78, 5) is 48.3. The second-order valence-corrected chi connectivity index (χ2v) is 6.14. The molecule has 1 aliphatic heterocycles. The lowest BCUT2D eigenvalue weighted by Gasteiger charge is -2.14. The maximum absolute atomic E-state index is 12.2. The Morgan fingerprint density at radius 2 is 1.77 bits per heavy atom. The summed E-state index contributed by atoms with van der Waals surface area (Å²) >= 11 is 1.18. The molecule has 3 rings (SSSR count). The summed E-state index contributed by atoms with van der Waals surface area (Å²) in [5, 5.41) is 11.1. The Bertz CT molecular complexity index is 908. The quantitative estimate of drug-likeness (QED) is 0.261. The van der Waals surface area contributed by atoms with Crippen molar-refractivity contribution in [3.63, 3.8) is 0 Å². The van der Waals surface area contributed by atoms with Crippen LogP contribution in [0.3, 0.4) is 0 Å². The molecule has 1 heterocycles. The van der Waals surface area contributed by atoms with Crippen LogP contribution in [0.15, 0.2) is 47.4 Å². The molecule has 1 aliphatic rings. The number of esters is 1. The third-order valence-corrected chi connectivity index (χ3v) is 4.60. The number of nitro benzene ring substituents is 1. The van der Waals surface area contributed by atoms with Crippen LogP contribution in [0.4, 0.5) is 5.69 Å². The van der Waals surface area contributed by atoms with Crippen molar-refractivity contribution in [2.45, 2.75) is 4.90 Å². The molecule has 9 heteroatoms. The normalized spacial score (nSPS) is 12.9. The molecule has 0 bridgehead atoms. The van der Waals surface area contributed by atoms with Gasteiger partial charge in [-0.25, -0.2) is 9.69 Å². The summed E-state index contributed by atoms with van der Waals surface area (Å²) in [6.45, 7) is -0.566. The molecule has 2 amide bonds. The number of thioether (sulfide) groups is 1. The number of nitrogens with zero attached hydrogens (tertiary/aromatic N) is 2. The summed E-state index contributed by atoms with van der Waals surface area (Å²) < 4.78 is 5.01. The van der Waals surface area contributed by atoms with Gasteiger partial charge in [0.1, 0.15) is 0 Å². The van der Waals surface area contributed by atoms with Crippen LogP contribution < -0.4 is 0 Å². The average Bonchev–Trinajstić information content (AvgIpc) is 2.90. The van der Waals surface area contributed by atoms with Crippen LogP contribution in [0.25, 0.3) is 0 Å². The van der Waals surface area contributed by atoms with E-state index in [2.05, 4.69) is 0 Å². The van der Waals surface area contributed by atoms with Gasteiger partial charge >= 0.3 is 5.97 Å². The number of ether oxygens (including phenoxy) is 1. The van der Waals surface area contributed by atoms with Gasteiger partial charge in [0.15, 0.2) is 6.73 Å². The molecule has 0 spiro atoms. The predicted octanol–water partition coefficient (Wildman–Crippen LogP) is 2.73. The maximum atomic E-state index is 12.2. The summed E-state index contributed by atoms with van der Waals surface area (Å²) in [5.74, 6) is -1.97. The highest BCUT2D eigenvalue weighted by Gasteiger charge is 2.35. The van der Waals surface area contributed by atoms with E-state index in [0.29, 0.717) is 4.90 Å². The van der Waals surface area contributed by atoms with Crippen LogP contribution in [-0.4, -0.2) is 40.6 Å². The molecule has 2 aromatic rings. The Morgan fingerprint density at radius 1 is 1.15 bits per heavy atom. The minimum absolute atomic E-state index is 0.0360. The van der Waals surface area contributed by atoms with E-state index in [1.54, 1.807) is 18.4 Å². The minimum Gasteiger partial charge on any atom is -0.440 e. The molecule has 2 aromatic carbocycles. The number of hydrogen-bond donors (Lipinski definition) is 0. The third kappa shape index (κ3) is 3.04. The molecule has 0 aromatic heterocycles. The van der Waals surface area contributed by atoms with Crippen LogP contribution in [0.5, 0.6) is 0 Å². The minimum atomic E-state index is -0.864. The smallest absolute Gasteiger partial charge is 0.340 e. The van der Waals surface area contributed by atoms with E-state index in [1.807, 2.05) is 0 Å². The first kappa shape index (κ1) is 17.6. The zero-order chi connectivity index (χ0) is 18.8. The SMILES string of the molecule is CSc1ccc(C(=O)OCN2C(=O)c3ccccc3C2=O)cc1[N+](=O)[O-]. The van der Waals surface area contributed by atoms with Crippen LogP contribution in [0.1, 0.15) is 31.1 Å². The summed E-state index contributed by atoms with van der Waals surface area (Å²) in [6.07, 6.45) is 1.68. The first-order valence-corrected chi connectivity index (χ1v) is 8.61. The second-order valence-electron chi connectivity index (χ2n) is 5.29. The van der Waals surface area contributed by atoms with E-state index < -0.39 is 29.4 Å². The standard InChI is InChI=1S/C17H12N2O6S/c1-26-14-7-6-10(8-13(14)19(23)24)17(22)25-9-18-15(20)11-4-2-3-5-12(11)16(18)21/h2-8H,9H2,1H3. The molecule has 0 N–H and O–H groups in total. The molecule has 0 fully saturated rings. The van der Waals surface area contributed by atoms with Crippen LogP contribution in [-0.2, 0) is 4.74 Å². The van der Waals surface area contributed by atoms with Gasteiger partial charge in [-0.05, 0) is 30.5 Å². The molecule has 0 atom stereocenters. The Hall–Kier alpha value is -3.20. The molecule has 8 nitrogen and oxygen atoms in total. The highest BCUT2D eigenvalue weighted by atomic mass is 32.2. The fraction of sp³-hybridized carbons (Fsp3) is 0.118. The molecule has 0 unspecified atom stereocenters. The Kier molecular flexibility index (Phi) is 4.72. The Labute approximate surface area is 151 Å². The van der Waals surface area contributed by atoms with Crippen LogP contribution in [0, 0.1) is 10.1 Å². The molecule has 0 saturated heterocycles. The van der Waals surface area contributed by atoms with Gasteiger partial charge in [-0.15, -0.1) is 11.8 Å². The van der Waals surface area contributed by atoms with E-state index in [-0.39, 0.29) is 22.4 Å². The van der Waals surface area contributed by atoms with E-state index in [0.717, 1.165) is 11.0 Å². The van der Waals surface area contributed by atoms with Gasteiger partial charge in [-0.3, -0.25) is 19.7 Å². The summed E-state index contributed by atoms with van der Waals surface area (Å²) in [5.41, 5.74) is 0.237. The lowest BCUT2D eigenvalue weighted by molar-refractivity contribution is -0.387. The predicted molar refractivity (Wildman–Crippen MR) is 92.1 cm³/mol. The fourth-order valence-corrected chi connectivity index (χ4v) is 3.07. The first-order chi connectivity index (χ1) is 12.4. The van der Waals surface area contributed by atoms with Gasteiger partial charge < -0.3 is 4.74 Å². The van der Waals surface area contributed by atoms with Crippen molar-refractivity contribution >= 4 is 35.2 Å². The van der Waals surface area contributed by atoms with Crippen molar-refractivity contribution in [3.8, 4) is 0 Å². The zero-order valence-electron chi connectivity index (χ0n) is 13.5. The van der Waals surface area contributed by atoms with Crippen molar-refractivity contribution in [1.82, 2.24) is 4.90 Å². The number of nitro groups is 1. The van der Waals surface area contributed by atoms with E-state index in [9.17, 15) is 24.5 Å². The average molecular weight is 372 g/mol. The lowest BCUT2D eigenvalue weighted by Crippen LogP contribution is -2.33. The van der Waals surface area contributed by atoms with Gasteiger partial charge in [0.25, 0.3) is 17.5 Å². The molecule has 132 valence electrons. The van der Waals surface area contributed by atoms with E-state index >= 15 is 0 Å². The molecule has 0 saturated carbocycles. The molecule has 0 radical (unpaired) electrons. The van der Waals surface area contributed by atoms with Crippen LogP contribution in [0.2, 0.25) is 0 Å². The highest BCUT2D eigenvalue weighted by Crippen LogP contribution is 2.28. The lowest BCUT2D eigenvalue weighted by atomic mass is 10.1. The molecule has 26 heavy (non-hydrogen) atoms. The number of fused-ring (bicyclic) bond motifs is 1. The van der Waals surface area contributed by atoms with Crippen molar-refractivity contribution in [3.05, 3.63) is 69.3 Å². The first-order valence-electron chi connectivity index (χ1n) is 7.39. The number of amides is 2. The van der Waals surface area contributed by atoms with Crippen molar-refractivity contribution in [2.24, 2.45) is 0 Å². The summed E-state index contributed by atoms with van der Waals surface area (Å²) in [6, 6.07) is 10.2. The van der Waals surface area contributed by atoms with Crippen molar-refractivity contribution < 1.29 is 24.0 Å². The number of carbonyl (C=O) groups is 3. The van der Waals surface area contributed by atoms with E-state index in [4.69, 9.17) is 4.74 Å². The van der Waals surface area contributed by atoms with Gasteiger partial charge in [0.05, 0.1) is 26.5 Å². The second kappa shape index (κ2) is 6.96. The Morgan fingerprint density at radius 3 is 2.31 bits per heavy atom. The van der Waals surface area contributed by atoms with Crippen molar-refractivity contribution in [1.29, 1.82) is 0 Å². The zero-order valence-corrected chi connectivity index (χ0v) is 14.3. The third-order valence-electron chi connectivity index (χ3n) is 3.81. The number of carbonyl (C=O) groups excluding carboxylic acids is 3.